The predicted molar refractivity (Wildman–Crippen MR) is 285 cm³/mol. The number of alkyl halides is 25. The number of halogens is 25. The van der Waals surface area contributed by atoms with Crippen LogP contribution in [0.2, 0.25) is 0 Å². The lowest BCUT2D eigenvalue weighted by atomic mass is 9.85. The quantitative estimate of drug-likeness (QED) is 0.0373. The summed E-state index contributed by atoms with van der Waals surface area (Å²) in [5, 5.41) is 2.19. The molecule has 0 aromatic carbocycles. The van der Waals surface area contributed by atoms with E-state index in [2.05, 4.69) is 11.7 Å². The van der Waals surface area contributed by atoms with Crippen LogP contribution in [0.4, 0.5) is 110 Å². The predicted octanol–water partition coefficient (Wildman–Crippen LogP) is 21.9. The van der Waals surface area contributed by atoms with Crippen LogP contribution in [0.25, 0.3) is 0 Å². The fourth-order valence-electron chi connectivity index (χ4n) is 9.66. The Morgan fingerprint density at radius 1 is 0.337 bits per heavy atom. The van der Waals surface area contributed by atoms with E-state index >= 15 is 8.78 Å². The zero-order chi connectivity index (χ0) is 68.9. The normalized spacial score (nSPS) is 14.8. The van der Waals surface area contributed by atoms with Crippen molar-refractivity contribution in [3.8, 4) is 0 Å². The van der Waals surface area contributed by atoms with Gasteiger partial charge in [0, 0.05) is 19.5 Å². The first-order chi connectivity index (χ1) is 40.8. The molecule has 0 spiro atoms. The first-order valence-electron chi connectivity index (χ1n) is 30.9. The molecular formula is C57H90F25NO5S. The number of carbonyl (C=O) groups excluding carboxylic acids is 1. The van der Waals surface area contributed by atoms with E-state index in [4.69, 9.17) is 0 Å². The second-order valence-electron chi connectivity index (χ2n) is 23.1. The minimum absolute atomic E-state index is 0.0198. The van der Waals surface area contributed by atoms with E-state index in [1.54, 1.807) is 0 Å². The van der Waals surface area contributed by atoms with Gasteiger partial charge in [-0.25, -0.2) is 8.42 Å². The third-order valence-corrected chi connectivity index (χ3v) is 17.4. The number of ether oxygens (including phenoxy) is 1. The summed E-state index contributed by atoms with van der Waals surface area (Å²) in [5.74, 6) is -95.6. The van der Waals surface area contributed by atoms with Gasteiger partial charge in [0.25, 0.3) is 10.0 Å². The number of unbranched alkanes of at least 4 members (excludes halogenated alkanes) is 35. The van der Waals surface area contributed by atoms with Gasteiger partial charge in [-0.05, 0) is 12.8 Å². The number of nitrogens with zero attached hydrogens (tertiary/aromatic N) is 1. The minimum atomic E-state index is -9.82. The Labute approximate surface area is 506 Å². The van der Waals surface area contributed by atoms with Crippen molar-refractivity contribution in [1.29, 1.82) is 0 Å². The van der Waals surface area contributed by atoms with Crippen LogP contribution < -0.4 is 0 Å². The Hall–Kier alpha value is -2.41. The number of carbonyl (C=O) groups is 1. The molecule has 0 aromatic rings. The Kier molecular flexibility index (Phi) is 37.2. The smallest absolute Gasteiger partial charge is 0.460 e. The van der Waals surface area contributed by atoms with Crippen LogP contribution in [0.15, 0.2) is 0 Å². The summed E-state index contributed by atoms with van der Waals surface area (Å²) in [6.07, 6.45) is 26.5. The van der Waals surface area contributed by atoms with Gasteiger partial charge in [-0.1, -0.05) is 239 Å². The second kappa shape index (κ2) is 38.2. The Balaban J connectivity index is 5.13. The van der Waals surface area contributed by atoms with Gasteiger partial charge in [0.1, 0.15) is 12.7 Å². The number of hydrogen-bond acceptors (Lipinski definition) is 5. The molecule has 0 saturated carbocycles. The molecule has 0 fully saturated rings. The van der Waals surface area contributed by atoms with E-state index in [1.807, 2.05) is 0 Å². The molecule has 0 aliphatic carbocycles. The molecular weight excluding hydrogens is 1290 g/mol. The van der Waals surface area contributed by atoms with Crippen LogP contribution in [-0.2, 0) is 19.6 Å². The number of rotatable bonds is 55. The average molecular weight is 1380 g/mol. The third-order valence-electron chi connectivity index (χ3n) is 15.5. The summed E-state index contributed by atoms with van der Waals surface area (Å²) >= 11 is 0. The lowest BCUT2D eigenvalue weighted by Crippen LogP contribution is -2.78. The van der Waals surface area contributed by atoms with Gasteiger partial charge in [-0.3, -0.25) is 4.79 Å². The number of aliphatic hydroxyl groups excluding tert-OH is 1. The monoisotopic (exact) mass is 1380 g/mol. The number of esters is 1. The van der Waals surface area contributed by atoms with Crippen LogP contribution in [0.3, 0.4) is 0 Å². The van der Waals surface area contributed by atoms with E-state index < -0.39 is 130 Å². The molecule has 1 unspecified atom stereocenters. The molecule has 534 valence electrons. The largest absolute Gasteiger partial charge is 0.463 e. The van der Waals surface area contributed by atoms with Crippen LogP contribution >= 0.6 is 0 Å². The maximum atomic E-state index is 15.3. The Bertz CT molecular complexity index is 2050. The van der Waals surface area contributed by atoms with Gasteiger partial charge in [0.05, 0.1) is 0 Å². The molecule has 0 amide bonds. The van der Waals surface area contributed by atoms with Crippen molar-refractivity contribution in [2.24, 2.45) is 0 Å². The molecule has 1 atom stereocenters. The molecule has 0 radical (unpaired) electrons. The van der Waals surface area contributed by atoms with E-state index in [9.17, 15) is 119 Å². The van der Waals surface area contributed by atoms with Crippen LogP contribution in [0.5, 0.6) is 0 Å². The molecule has 0 aliphatic rings. The first-order valence-corrected chi connectivity index (χ1v) is 32.3. The summed E-state index contributed by atoms with van der Waals surface area (Å²) in [5.41, 5.74) is 0. The van der Waals surface area contributed by atoms with E-state index in [-0.39, 0.29) is 25.7 Å². The Morgan fingerprint density at radius 2 is 0.551 bits per heavy atom. The standard InChI is InChI=1S/C57H90F25NO5S/c1-3-5-7-9-10-11-12-13-14-15-16-17-18-19-20-21-22-23-24-25-26-27-28-29-30-31-32-33-34-35-36-37-38-40-45(85)88-43-44(84)42-83(41-39-8-6-4-2)89(86,87)57(81,82)55(76,77)53(72,73)51(68,69)49(64,65)47(60,61)46(58,59)48(62,63)50(66,67)52(70,71)54(74,75)56(78,79)80/h44,84H,3-43H2,1-2H3. The fourth-order valence-corrected chi connectivity index (χ4v) is 11.2. The van der Waals surface area contributed by atoms with Crippen molar-refractivity contribution in [3.63, 3.8) is 0 Å². The van der Waals surface area contributed by atoms with Crippen molar-refractivity contribution in [3.05, 3.63) is 0 Å². The van der Waals surface area contributed by atoms with Gasteiger partial charge in [-0.2, -0.15) is 114 Å². The van der Waals surface area contributed by atoms with Crippen LogP contribution in [0.1, 0.15) is 258 Å². The fraction of sp³-hybridized carbons (Fsp3) is 0.982. The minimum Gasteiger partial charge on any atom is -0.463 e. The maximum Gasteiger partial charge on any atom is 0.460 e. The van der Waals surface area contributed by atoms with Gasteiger partial charge in [0.15, 0.2) is 0 Å². The molecule has 0 heterocycles. The third kappa shape index (κ3) is 22.9. The van der Waals surface area contributed by atoms with E-state index in [1.165, 1.54) is 155 Å². The first kappa shape index (κ1) is 86.6. The average Bonchev–Trinajstić information content (AvgIpc) is 0.937. The Morgan fingerprint density at radius 3 is 0.798 bits per heavy atom. The summed E-state index contributed by atoms with van der Waals surface area (Å²) in [6, 6.07) is 0. The lowest BCUT2D eigenvalue weighted by molar-refractivity contribution is -0.480. The van der Waals surface area contributed by atoms with Gasteiger partial charge in [-0.15, -0.1) is 0 Å². The summed E-state index contributed by atoms with van der Waals surface area (Å²) < 4.78 is 381. The molecule has 32 heteroatoms. The van der Waals surface area contributed by atoms with Gasteiger partial charge in [0.2, 0.25) is 0 Å². The highest BCUT2D eigenvalue weighted by atomic mass is 32.2. The molecule has 1 N–H and O–H groups in total. The lowest BCUT2D eigenvalue weighted by Gasteiger charge is -2.45. The highest BCUT2D eigenvalue weighted by Gasteiger charge is 3.00. The van der Waals surface area contributed by atoms with Crippen LogP contribution in [-0.4, -0.2) is 120 Å². The molecule has 0 bridgehead atoms. The molecule has 89 heavy (non-hydrogen) atoms. The van der Waals surface area contributed by atoms with Gasteiger partial charge >= 0.3 is 76.6 Å². The van der Waals surface area contributed by atoms with Gasteiger partial charge < -0.3 is 9.84 Å². The van der Waals surface area contributed by atoms with Crippen LogP contribution in [0, 0.1) is 0 Å². The number of sulfonamides is 1. The molecule has 0 aliphatic heterocycles. The summed E-state index contributed by atoms with van der Waals surface area (Å²) in [4.78, 5) is 12.3. The molecule has 0 rings (SSSR count). The highest BCUT2D eigenvalue weighted by Crippen LogP contribution is 2.68. The molecule has 6 nitrogen and oxygen atoms in total. The maximum absolute atomic E-state index is 15.3. The summed E-state index contributed by atoms with van der Waals surface area (Å²) in [7, 11) is -7.97. The van der Waals surface area contributed by atoms with Crippen molar-refractivity contribution >= 4 is 16.0 Å². The highest BCUT2D eigenvalue weighted by molar-refractivity contribution is 7.90. The van der Waals surface area contributed by atoms with Crippen molar-refractivity contribution in [2.75, 3.05) is 19.7 Å². The summed E-state index contributed by atoms with van der Waals surface area (Å²) in [6.45, 7) is -1.43. The van der Waals surface area contributed by atoms with Crippen molar-refractivity contribution < 1.29 is 133 Å². The molecule has 0 saturated heterocycles. The second-order valence-corrected chi connectivity index (χ2v) is 25.1. The SMILES string of the molecule is CCCCCCCCCCCCCCCCCCCCCCCCCCCCCCCCCCCC(=O)OCC(O)CN(CCCCCC)S(=O)(=O)C(F)(F)C(F)(F)C(F)(F)C(F)(F)C(F)(F)C(F)(F)C(F)(F)C(F)(F)C(F)(F)C(F)(F)C(F)(F)C(F)(F)F. The van der Waals surface area contributed by atoms with Crippen molar-refractivity contribution in [1.82, 2.24) is 4.31 Å². The number of hydrogen-bond donors (Lipinski definition) is 1. The van der Waals surface area contributed by atoms with E-state index in [0.717, 1.165) is 44.9 Å². The molecule has 0 aromatic heterocycles. The van der Waals surface area contributed by atoms with Crippen molar-refractivity contribution in [2.45, 2.75) is 335 Å². The zero-order valence-corrected chi connectivity index (χ0v) is 51.3. The number of aliphatic hydroxyl groups is 1. The topological polar surface area (TPSA) is 83.9 Å². The zero-order valence-electron chi connectivity index (χ0n) is 50.5. The van der Waals surface area contributed by atoms with E-state index in [0.29, 0.717) is 12.8 Å².